The van der Waals surface area contributed by atoms with Gasteiger partial charge in [-0.15, -0.1) is 0 Å². The van der Waals surface area contributed by atoms with Crippen molar-refractivity contribution in [2.75, 3.05) is 0 Å². The van der Waals surface area contributed by atoms with Crippen LogP contribution in [0.25, 0.3) is 0 Å². The van der Waals surface area contributed by atoms with Crippen LogP contribution in [0.2, 0.25) is 0 Å². The molecule has 0 radical (unpaired) electrons. The van der Waals surface area contributed by atoms with Crippen LogP contribution in [0.1, 0.15) is 18.9 Å². The van der Waals surface area contributed by atoms with E-state index in [9.17, 15) is 9.50 Å². The van der Waals surface area contributed by atoms with Gasteiger partial charge in [-0.25, -0.2) is 4.39 Å². The molecule has 1 N–H and O–H groups in total. The SMILES string of the molecule is CC[C@H](O)[C@@H](F)Cc1ccccc1. The molecule has 1 aromatic rings. The van der Waals surface area contributed by atoms with Gasteiger partial charge in [-0.3, -0.25) is 0 Å². The summed E-state index contributed by atoms with van der Waals surface area (Å²) >= 11 is 0. The fraction of sp³-hybridized carbons (Fsp3) is 0.455. The summed E-state index contributed by atoms with van der Waals surface area (Å²) in [5, 5.41) is 9.21. The fourth-order valence-corrected chi connectivity index (χ4v) is 1.23. The first kappa shape index (κ1) is 10.2. The molecule has 13 heavy (non-hydrogen) atoms. The third kappa shape index (κ3) is 3.15. The minimum atomic E-state index is -1.15. The van der Waals surface area contributed by atoms with Gasteiger partial charge in [-0.2, -0.15) is 0 Å². The third-order valence-electron chi connectivity index (χ3n) is 2.11. The number of hydrogen-bond donors (Lipinski definition) is 1. The first-order chi connectivity index (χ1) is 6.24. The van der Waals surface area contributed by atoms with Gasteiger partial charge >= 0.3 is 0 Å². The highest BCUT2D eigenvalue weighted by molar-refractivity contribution is 5.15. The summed E-state index contributed by atoms with van der Waals surface area (Å²) in [4.78, 5) is 0. The van der Waals surface area contributed by atoms with Gasteiger partial charge in [0.2, 0.25) is 0 Å². The Morgan fingerprint density at radius 3 is 2.46 bits per heavy atom. The number of alkyl halides is 1. The molecular formula is C11H15FO. The zero-order valence-electron chi connectivity index (χ0n) is 7.78. The van der Waals surface area contributed by atoms with E-state index in [1.165, 1.54) is 0 Å². The van der Waals surface area contributed by atoms with Crippen molar-refractivity contribution in [2.45, 2.75) is 32.0 Å². The fourth-order valence-electron chi connectivity index (χ4n) is 1.23. The Labute approximate surface area is 78.2 Å². The maximum atomic E-state index is 13.2. The lowest BCUT2D eigenvalue weighted by molar-refractivity contribution is 0.0748. The molecule has 0 saturated carbocycles. The monoisotopic (exact) mass is 182 g/mol. The van der Waals surface area contributed by atoms with Crippen LogP contribution in [-0.2, 0) is 6.42 Å². The predicted octanol–water partition coefficient (Wildman–Crippen LogP) is 2.34. The number of hydrogen-bond acceptors (Lipinski definition) is 1. The van der Waals surface area contributed by atoms with E-state index >= 15 is 0 Å². The number of halogens is 1. The van der Waals surface area contributed by atoms with Crippen molar-refractivity contribution in [3.05, 3.63) is 35.9 Å². The van der Waals surface area contributed by atoms with Crippen molar-refractivity contribution >= 4 is 0 Å². The van der Waals surface area contributed by atoms with E-state index in [1.54, 1.807) is 6.92 Å². The van der Waals surface area contributed by atoms with Gasteiger partial charge in [0.25, 0.3) is 0 Å². The van der Waals surface area contributed by atoms with Crippen molar-refractivity contribution in [1.29, 1.82) is 0 Å². The molecule has 1 aromatic carbocycles. The smallest absolute Gasteiger partial charge is 0.130 e. The molecule has 0 saturated heterocycles. The molecule has 0 aromatic heterocycles. The minimum absolute atomic E-state index is 0.301. The van der Waals surface area contributed by atoms with E-state index in [0.717, 1.165) is 5.56 Å². The summed E-state index contributed by atoms with van der Waals surface area (Å²) in [6.07, 6.45) is -1.21. The Balaban J connectivity index is 2.50. The first-order valence-corrected chi connectivity index (χ1v) is 4.60. The molecule has 0 aliphatic rings. The van der Waals surface area contributed by atoms with Gasteiger partial charge in [0.05, 0.1) is 6.10 Å². The van der Waals surface area contributed by atoms with Gasteiger partial charge in [0.1, 0.15) is 6.17 Å². The van der Waals surface area contributed by atoms with Crippen molar-refractivity contribution in [3.63, 3.8) is 0 Å². The van der Waals surface area contributed by atoms with Crippen LogP contribution < -0.4 is 0 Å². The van der Waals surface area contributed by atoms with Gasteiger partial charge in [-0.05, 0) is 12.0 Å². The summed E-state index contributed by atoms with van der Waals surface area (Å²) in [7, 11) is 0. The summed E-state index contributed by atoms with van der Waals surface area (Å²) in [6.45, 7) is 1.78. The van der Waals surface area contributed by atoms with Crippen LogP contribution in [-0.4, -0.2) is 17.4 Å². The summed E-state index contributed by atoms with van der Waals surface area (Å²) in [6, 6.07) is 9.39. The Kier molecular flexibility index (Phi) is 3.90. The van der Waals surface area contributed by atoms with Crippen molar-refractivity contribution in [2.24, 2.45) is 0 Å². The lowest BCUT2D eigenvalue weighted by Gasteiger charge is -2.13. The second kappa shape index (κ2) is 4.97. The van der Waals surface area contributed by atoms with E-state index in [0.29, 0.717) is 12.8 Å². The van der Waals surface area contributed by atoms with Crippen molar-refractivity contribution in [3.8, 4) is 0 Å². The molecule has 1 nitrogen and oxygen atoms in total. The molecule has 2 heteroatoms. The highest BCUT2D eigenvalue weighted by Gasteiger charge is 2.16. The van der Waals surface area contributed by atoms with E-state index in [2.05, 4.69) is 0 Å². The molecule has 72 valence electrons. The zero-order chi connectivity index (χ0) is 9.68. The topological polar surface area (TPSA) is 20.2 Å². The Hall–Kier alpha value is -0.890. The van der Waals surface area contributed by atoms with Gasteiger partial charge in [0, 0.05) is 6.42 Å². The molecule has 2 atom stereocenters. The zero-order valence-corrected chi connectivity index (χ0v) is 7.78. The maximum Gasteiger partial charge on any atom is 0.130 e. The molecule has 0 unspecified atom stereocenters. The average molecular weight is 182 g/mol. The van der Waals surface area contributed by atoms with E-state index in [4.69, 9.17) is 0 Å². The van der Waals surface area contributed by atoms with Crippen LogP contribution in [0.3, 0.4) is 0 Å². The molecule has 0 amide bonds. The van der Waals surface area contributed by atoms with E-state index in [1.807, 2.05) is 30.3 Å². The standard InChI is InChI=1S/C11H15FO/c1-2-11(13)10(12)8-9-6-4-3-5-7-9/h3-7,10-11,13H,2,8H2,1H3/t10-,11-/m0/s1. The summed E-state index contributed by atoms with van der Waals surface area (Å²) < 4.78 is 13.2. The van der Waals surface area contributed by atoms with Crippen molar-refractivity contribution < 1.29 is 9.50 Å². The predicted molar refractivity (Wildman–Crippen MR) is 51.3 cm³/mol. The normalized spacial score (nSPS) is 15.3. The number of aliphatic hydroxyl groups is 1. The van der Waals surface area contributed by atoms with Gasteiger partial charge < -0.3 is 5.11 Å². The van der Waals surface area contributed by atoms with Crippen LogP contribution >= 0.6 is 0 Å². The lowest BCUT2D eigenvalue weighted by atomic mass is 10.0. The first-order valence-electron chi connectivity index (χ1n) is 4.60. The van der Waals surface area contributed by atoms with Gasteiger partial charge in [0.15, 0.2) is 0 Å². The molecule has 0 spiro atoms. The molecule has 0 aliphatic carbocycles. The molecule has 1 rings (SSSR count). The summed E-state index contributed by atoms with van der Waals surface area (Å²) in [5.74, 6) is 0. The molecular weight excluding hydrogens is 167 g/mol. The van der Waals surface area contributed by atoms with Crippen molar-refractivity contribution in [1.82, 2.24) is 0 Å². The second-order valence-electron chi connectivity index (χ2n) is 3.18. The number of rotatable bonds is 4. The van der Waals surface area contributed by atoms with Gasteiger partial charge in [-0.1, -0.05) is 37.3 Å². The van der Waals surface area contributed by atoms with E-state index < -0.39 is 12.3 Å². The quantitative estimate of drug-likeness (QED) is 0.757. The second-order valence-corrected chi connectivity index (χ2v) is 3.18. The Bertz CT molecular complexity index is 235. The molecule has 0 fully saturated rings. The molecule has 0 heterocycles. The summed E-state index contributed by atoms with van der Waals surface area (Å²) in [5.41, 5.74) is 0.933. The Morgan fingerprint density at radius 2 is 1.92 bits per heavy atom. The highest BCUT2D eigenvalue weighted by Crippen LogP contribution is 2.10. The molecule has 0 bridgehead atoms. The van der Waals surface area contributed by atoms with Crippen LogP contribution in [0.5, 0.6) is 0 Å². The minimum Gasteiger partial charge on any atom is -0.390 e. The lowest BCUT2D eigenvalue weighted by Crippen LogP contribution is -2.22. The maximum absolute atomic E-state index is 13.2. The number of benzene rings is 1. The van der Waals surface area contributed by atoms with Crippen LogP contribution in [0.4, 0.5) is 4.39 Å². The van der Waals surface area contributed by atoms with Crippen LogP contribution in [0, 0.1) is 0 Å². The van der Waals surface area contributed by atoms with E-state index in [-0.39, 0.29) is 0 Å². The number of aliphatic hydroxyl groups excluding tert-OH is 1. The highest BCUT2D eigenvalue weighted by atomic mass is 19.1. The largest absolute Gasteiger partial charge is 0.390 e. The third-order valence-corrected chi connectivity index (χ3v) is 2.11. The van der Waals surface area contributed by atoms with Crippen LogP contribution in [0.15, 0.2) is 30.3 Å². The molecule has 0 aliphatic heterocycles. The Morgan fingerprint density at radius 1 is 1.31 bits per heavy atom. The average Bonchev–Trinajstić information content (AvgIpc) is 2.18.